The topological polar surface area (TPSA) is 67.1 Å². The minimum atomic E-state index is 0.505. The number of hydrogen-bond donors (Lipinski definition) is 2. The summed E-state index contributed by atoms with van der Waals surface area (Å²) in [6, 6.07) is 2.18. The van der Waals surface area contributed by atoms with Gasteiger partial charge in [-0.2, -0.15) is 4.98 Å². The first-order valence-corrected chi connectivity index (χ1v) is 8.40. The fourth-order valence-corrected chi connectivity index (χ4v) is 3.98. The van der Waals surface area contributed by atoms with Crippen molar-refractivity contribution < 1.29 is 0 Å². The van der Waals surface area contributed by atoms with Gasteiger partial charge in [-0.05, 0) is 37.7 Å². The van der Waals surface area contributed by atoms with Gasteiger partial charge in [0.05, 0.1) is 5.39 Å². The average Bonchev–Trinajstić information content (AvgIpc) is 2.86. The van der Waals surface area contributed by atoms with E-state index in [-0.39, 0.29) is 0 Å². The van der Waals surface area contributed by atoms with Crippen LogP contribution in [0.4, 0.5) is 11.8 Å². The fraction of sp³-hybridized carbons (Fsp3) is 0.600. The molecule has 0 aliphatic carbocycles. The molecule has 0 atom stereocenters. The van der Waals surface area contributed by atoms with Crippen molar-refractivity contribution in [1.29, 1.82) is 0 Å². The molecule has 3 rings (SSSR count). The quantitative estimate of drug-likeness (QED) is 0.673. The number of aryl methyl sites for hydroxylation is 1. The van der Waals surface area contributed by atoms with Crippen LogP contribution in [0.5, 0.6) is 0 Å². The van der Waals surface area contributed by atoms with Crippen molar-refractivity contribution in [2.45, 2.75) is 33.6 Å². The number of thiophene rings is 1. The van der Waals surface area contributed by atoms with E-state index in [9.17, 15) is 0 Å². The Morgan fingerprint density at radius 2 is 2.05 bits per heavy atom. The number of piperidine rings is 1. The summed E-state index contributed by atoms with van der Waals surface area (Å²) >= 11 is 1.69. The number of nitrogen functional groups attached to an aromatic ring is 1. The second kappa shape index (κ2) is 5.77. The predicted octanol–water partition coefficient (Wildman–Crippen LogP) is 3.16. The summed E-state index contributed by atoms with van der Waals surface area (Å²) in [7, 11) is 0. The highest BCUT2D eigenvalue weighted by atomic mass is 32.1. The molecule has 2 aromatic rings. The predicted molar refractivity (Wildman–Crippen MR) is 89.7 cm³/mol. The molecule has 0 amide bonds. The monoisotopic (exact) mass is 305 g/mol. The number of rotatable bonds is 3. The minimum absolute atomic E-state index is 0.505. The van der Waals surface area contributed by atoms with Gasteiger partial charge in [0.2, 0.25) is 5.95 Å². The van der Waals surface area contributed by atoms with E-state index in [1.165, 1.54) is 17.7 Å². The summed E-state index contributed by atoms with van der Waals surface area (Å²) < 4.78 is 0. The molecule has 5 nitrogen and oxygen atoms in total. The molecule has 6 heteroatoms. The summed E-state index contributed by atoms with van der Waals surface area (Å²) in [4.78, 5) is 13.7. The van der Waals surface area contributed by atoms with Crippen molar-refractivity contribution in [1.82, 2.24) is 9.97 Å². The molecule has 3 heterocycles. The maximum Gasteiger partial charge on any atom is 0.240 e. The third kappa shape index (κ3) is 2.82. The summed E-state index contributed by atoms with van der Waals surface area (Å²) in [6.07, 6.45) is 2.47. The van der Waals surface area contributed by atoms with Gasteiger partial charge in [-0.3, -0.25) is 5.43 Å². The van der Waals surface area contributed by atoms with E-state index < -0.39 is 0 Å². The van der Waals surface area contributed by atoms with Gasteiger partial charge in [0.1, 0.15) is 10.6 Å². The molecular formula is C15H23N5S. The third-order valence-corrected chi connectivity index (χ3v) is 5.35. The number of hydrazine groups is 1. The van der Waals surface area contributed by atoms with Crippen molar-refractivity contribution >= 4 is 33.3 Å². The van der Waals surface area contributed by atoms with Crippen molar-refractivity contribution in [2.75, 3.05) is 23.4 Å². The molecule has 0 unspecified atom stereocenters. The summed E-state index contributed by atoms with van der Waals surface area (Å²) in [5, 5.41) is 1.15. The van der Waals surface area contributed by atoms with Gasteiger partial charge < -0.3 is 4.90 Å². The zero-order valence-corrected chi connectivity index (χ0v) is 13.7. The van der Waals surface area contributed by atoms with Crippen LogP contribution in [-0.4, -0.2) is 23.1 Å². The van der Waals surface area contributed by atoms with Crippen molar-refractivity contribution in [3.63, 3.8) is 0 Å². The minimum Gasteiger partial charge on any atom is -0.356 e. The molecule has 1 aliphatic heterocycles. The van der Waals surface area contributed by atoms with E-state index in [1.807, 2.05) is 0 Å². The van der Waals surface area contributed by atoms with Gasteiger partial charge in [-0.15, -0.1) is 11.3 Å². The van der Waals surface area contributed by atoms with Crippen molar-refractivity contribution in [2.24, 2.45) is 17.7 Å². The molecule has 114 valence electrons. The zero-order chi connectivity index (χ0) is 15.0. The van der Waals surface area contributed by atoms with Crippen LogP contribution >= 0.6 is 11.3 Å². The van der Waals surface area contributed by atoms with E-state index in [0.717, 1.165) is 41.0 Å². The van der Waals surface area contributed by atoms with Crippen molar-refractivity contribution in [3.8, 4) is 0 Å². The Bertz CT molecular complexity index is 628. The largest absolute Gasteiger partial charge is 0.356 e. The second-order valence-electron chi connectivity index (χ2n) is 6.16. The van der Waals surface area contributed by atoms with E-state index in [4.69, 9.17) is 5.84 Å². The van der Waals surface area contributed by atoms with Gasteiger partial charge in [-0.1, -0.05) is 13.8 Å². The van der Waals surface area contributed by atoms with Crippen LogP contribution in [0.2, 0.25) is 0 Å². The number of anilines is 2. The van der Waals surface area contributed by atoms with Crippen LogP contribution in [-0.2, 0) is 0 Å². The Balaban J connectivity index is 1.93. The number of aromatic nitrogens is 2. The smallest absolute Gasteiger partial charge is 0.240 e. The molecule has 2 aromatic heterocycles. The summed E-state index contributed by atoms with van der Waals surface area (Å²) in [5.41, 5.74) is 2.59. The molecule has 0 radical (unpaired) electrons. The molecule has 0 aromatic carbocycles. The first kappa shape index (κ1) is 14.5. The van der Waals surface area contributed by atoms with Crippen LogP contribution in [0.3, 0.4) is 0 Å². The molecule has 0 spiro atoms. The van der Waals surface area contributed by atoms with Crippen LogP contribution in [0.1, 0.15) is 31.6 Å². The van der Waals surface area contributed by atoms with Crippen LogP contribution in [0, 0.1) is 18.8 Å². The maximum atomic E-state index is 5.52. The molecule has 21 heavy (non-hydrogen) atoms. The Morgan fingerprint density at radius 3 is 2.67 bits per heavy atom. The van der Waals surface area contributed by atoms with E-state index >= 15 is 0 Å². The van der Waals surface area contributed by atoms with Gasteiger partial charge >= 0.3 is 0 Å². The number of fused-ring (bicyclic) bond motifs is 1. The maximum absolute atomic E-state index is 5.52. The average molecular weight is 305 g/mol. The van der Waals surface area contributed by atoms with E-state index in [0.29, 0.717) is 5.95 Å². The SMILES string of the molecule is Cc1cc2c(N3CCC(C(C)C)CC3)nc(NN)nc2s1. The van der Waals surface area contributed by atoms with Crippen LogP contribution in [0.15, 0.2) is 6.07 Å². The molecule has 0 saturated carbocycles. The lowest BCUT2D eigenvalue weighted by atomic mass is 9.87. The Labute approximate surface area is 129 Å². The molecular weight excluding hydrogens is 282 g/mol. The lowest BCUT2D eigenvalue weighted by molar-refractivity contribution is 0.311. The first-order valence-electron chi connectivity index (χ1n) is 7.58. The number of nitrogens with one attached hydrogen (secondary N) is 1. The summed E-state index contributed by atoms with van der Waals surface area (Å²) in [6.45, 7) is 8.88. The highest BCUT2D eigenvalue weighted by Gasteiger charge is 2.24. The molecule has 3 N–H and O–H groups in total. The molecule has 1 aliphatic rings. The van der Waals surface area contributed by atoms with Crippen LogP contribution in [0.25, 0.3) is 10.2 Å². The Kier molecular flexibility index (Phi) is 3.99. The number of hydrogen-bond acceptors (Lipinski definition) is 6. The van der Waals surface area contributed by atoms with Gasteiger partial charge in [0.15, 0.2) is 0 Å². The van der Waals surface area contributed by atoms with E-state index in [2.05, 4.69) is 47.1 Å². The third-order valence-electron chi connectivity index (χ3n) is 4.41. The standard InChI is InChI=1S/C15H23N5S/c1-9(2)11-4-6-20(7-5-11)13-12-8-10(3)21-14(12)18-15(17-13)19-16/h8-9,11H,4-7,16H2,1-3H3,(H,17,18,19). The van der Waals surface area contributed by atoms with Gasteiger partial charge in [0, 0.05) is 18.0 Å². The van der Waals surface area contributed by atoms with Gasteiger partial charge in [0.25, 0.3) is 0 Å². The summed E-state index contributed by atoms with van der Waals surface area (Å²) in [5.74, 6) is 8.65. The Hall–Kier alpha value is -1.40. The highest BCUT2D eigenvalue weighted by Crippen LogP contribution is 2.34. The normalized spacial score (nSPS) is 16.9. The Morgan fingerprint density at radius 1 is 1.33 bits per heavy atom. The first-order chi connectivity index (χ1) is 10.1. The fourth-order valence-electron chi connectivity index (χ4n) is 3.11. The van der Waals surface area contributed by atoms with E-state index in [1.54, 1.807) is 11.3 Å². The lowest BCUT2D eigenvalue weighted by Gasteiger charge is -2.34. The van der Waals surface area contributed by atoms with Crippen molar-refractivity contribution in [3.05, 3.63) is 10.9 Å². The second-order valence-corrected chi connectivity index (χ2v) is 7.39. The number of nitrogens with zero attached hydrogens (tertiary/aromatic N) is 3. The van der Waals surface area contributed by atoms with Gasteiger partial charge in [-0.25, -0.2) is 10.8 Å². The van der Waals surface area contributed by atoms with Crippen LogP contribution < -0.4 is 16.2 Å². The number of nitrogens with two attached hydrogens (primary N) is 1. The molecule has 1 saturated heterocycles. The molecule has 0 bridgehead atoms. The zero-order valence-electron chi connectivity index (χ0n) is 12.9. The highest BCUT2D eigenvalue weighted by molar-refractivity contribution is 7.18. The lowest BCUT2D eigenvalue weighted by Crippen LogP contribution is -2.36. The molecule has 1 fully saturated rings.